The lowest BCUT2D eigenvalue weighted by atomic mass is 10.2. The third kappa shape index (κ3) is 2.71. The molecule has 110 valence electrons. The summed E-state index contributed by atoms with van der Waals surface area (Å²) in [5.74, 6) is 0.354. The van der Waals surface area contributed by atoms with Crippen LogP contribution in [0.5, 0.6) is 0 Å². The summed E-state index contributed by atoms with van der Waals surface area (Å²) in [6, 6.07) is 1.88. The second kappa shape index (κ2) is 4.92. The molecule has 0 spiro atoms. The van der Waals surface area contributed by atoms with E-state index in [1.165, 1.54) is 11.3 Å². The number of benzene rings is 1. The summed E-state index contributed by atoms with van der Waals surface area (Å²) >= 11 is 7.41. The van der Waals surface area contributed by atoms with Crippen molar-refractivity contribution in [1.29, 1.82) is 0 Å². The van der Waals surface area contributed by atoms with Gasteiger partial charge in [-0.2, -0.15) is 13.2 Å². The number of fused-ring (bicyclic) bond motifs is 1. The van der Waals surface area contributed by atoms with Gasteiger partial charge in [0.25, 0.3) is 0 Å². The number of alkyl halides is 3. The fraction of sp³-hybridized carbons (Fsp3) is 0.154. The summed E-state index contributed by atoms with van der Waals surface area (Å²) in [4.78, 5) is 7.00. The smallest absolute Gasteiger partial charge is 0.325 e. The third-order valence-corrected chi connectivity index (χ3v) is 4.13. The van der Waals surface area contributed by atoms with Crippen LogP contribution in [0.1, 0.15) is 11.1 Å². The van der Waals surface area contributed by atoms with E-state index in [1.807, 2.05) is 17.7 Å². The predicted octanol–water partition coefficient (Wildman–Crippen LogP) is 5.35. The number of aryl methyl sites for hydroxylation is 1. The Kier molecular flexibility index (Phi) is 3.33. The summed E-state index contributed by atoms with van der Waals surface area (Å²) in [6.45, 7) is 1.93. The molecular formula is C13H9ClF3N3S. The average molecular weight is 332 g/mol. The Balaban J connectivity index is 2.04. The number of nitrogens with one attached hydrogen (secondary N) is 2. The zero-order chi connectivity index (χ0) is 15.2. The maximum Gasteiger partial charge on any atom is 0.416 e. The Morgan fingerprint density at radius 1 is 1.29 bits per heavy atom. The minimum Gasteiger partial charge on any atom is -0.325 e. The molecule has 8 heteroatoms. The van der Waals surface area contributed by atoms with Crippen LogP contribution in [-0.2, 0) is 6.18 Å². The molecule has 0 bridgehead atoms. The van der Waals surface area contributed by atoms with Crippen molar-refractivity contribution in [3.05, 3.63) is 39.0 Å². The molecule has 3 aromatic rings. The van der Waals surface area contributed by atoms with Crippen LogP contribution in [0, 0.1) is 6.92 Å². The highest BCUT2D eigenvalue weighted by Gasteiger charge is 2.31. The fourth-order valence-corrected chi connectivity index (χ4v) is 2.96. The number of thiophene rings is 1. The summed E-state index contributed by atoms with van der Waals surface area (Å²) in [7, 11) is 0. The van der Waals surface area contributed by atoms with Crippen LogP contribution in [0.15, 0.2) is 22.9 Å². The van der Waals surface area contributed by atoms with E-state index in [4.69, 9.17) is 11.6 Å². The predicted molar refractivity (Wildman–Crippen MR) is 78.4 cm³/mol. The van der Waals surface area contributed by atoms with Gasteiger partial charge in [0, 0.05) is 5.38 Å². The van der Waals surface area contributed by atoms with Crippen LogP contribution >= 0.6 is 22.9 Å². The van der Waals surface area contributed by atoms with Gasteiger partial charge >= 0.3 is 6.18 Å². The molecule has 0 unspecified atom stereocenters. The zero-order valence-corrected chi connectivity index (χ0v) is 12.2. The number of rotatable bonds is 2. The monoisotopic (exact) mass is 331 g/mol. The van der Waals surface area contributed by atoms with Crippen molar-refractivity contribution in [1.82, 2.24) is 9.97 Å². The molecule has 3 nitrogen and oxygen atoms in total. The van der Waals surface area contributed by atoms with Crippen molar-refractivity contribution in [3.63, 3.8) is 0 Å². The molecule has 0 radical (unpaired) electrons. The Bertz CT molecular complexity index is 807. The standard InChI is InChI=1S/C13H9ClF3N3S/c1-6-4-21-5-10(6)19-12-18-9-3-7(13(15,16)17)2-8(14)11(9)20-12/h2-5H,1H3,(H2,18,19,20). The molecule has 2 N–H and O–H groups in total. The minimum atomic E-state index is -4.44. The number of anilines is 2. The van der Waals surface area contributed by atoms with E-state index in [0.717, 1.165) is 23.4 Å². The van der Waals surface area contributed by atoms with Crippen LogP contribution in [-0.4, -0.2) is 9.97 Å². The highest BCUT2D eigenvalue weighted by molar-refractivity contribution is 7.08. The lowest BCUT2D eigenvalue weighted by molar-refractivity contribution is -0.137. The molecule has 0 saturated heterocycles. The maximum absolute atomic E-state index is 12.8. The zero-order valence-electron chi connectivity index (χ0n) is 10.7. The van der Waals surface area contributed by atoms with E-state index < -0.39 is 11.7 Å². The number of nitrogens with zero attached hydrogens (tertiary/aromatic N) is 1. The third-order valence-electron chi connectivity index (χ3n) is 2.98. The van der Waals surface area contributed by atoms with Crippen LogP contribution < -0.4 is 5.32 Å². The lowest BCUT2D eigenvalue weighted by Crippen LogP contribution is -2.04. The van der Waals surface area contributed by atoms with E-state index in [0.29, 0.717) is 11.5 Å². The number of imidazole rings is 1. The van der Waals surface area contributed by atoms with Crippen molar-refractivity contribution >= 4 is 45.6 Å². The number of H-pyrrole nitrogens is 1. The molecule has 1 aromatic carbocycles. The first kappa shape index (κ1) is 14.2. The largest absolute Gasteiger partial charge is 0.416 e. The van der Waals surface area contributed by atoms with E-state index in [9.17, 15) is 13.2 Å². The number of hydrogen-bond acceptors (Lipinski definition) is 3. The van der Waals surface area contributed by atoms with E-state index in [1.54, 1.807) is 0 Å². The van der Waals surface area contributed by atoms with Crippen molar-refractivity contribution in [3.8, 4) is 0 Å². The molecule has 0 aliphatic rings. The van der Waals surface area contributed by atoms with Crippen LogP contribution in [0.2, 0.25) is 5.02 Å². The highest BCUT2D eigenvalue weighted by Crippen LogP contribution is 2.35. The first-order valence-corrected chi connectivity index (χ1v) is 7.23. The Morgan fingerprint density at radius 2 is 2.05 bits per heavy atom. The molecule has 2 aromatic heterocycles. The SMILES string of the molecule is Cc1cscc1Nc1nc2c(Cl)cc(C(F)(F)F)cc2[nH]1. The normalized spacial score (nSPS) is 12.0. The van der Waals surface area contributed by atoms with Gasteiger partial charge in [-0.15, -0.1) is 11.3 Å². The average Bonchev–Trinajstić information content (AvgIpc) is 2.96. The fourth-order valence-electron chi connectivity index (χ4n) is 1.91. The summed E-state index contributed by atoms with van der Waals surface area (Å²) in [5.41, 5.74) is 1.63. The van der Waals surface area contributed by atoms with Crippen LogP contribution in [0.25, 0.3) is 11.0 Å². The summed E-state index contributed by atoms with van der Waals surface area (Å²) in [6.07, 6.45) is -4.44. The molecular weight excluding hydrogens is 323 g/mol. The number of hydrogen-bond donors (Lipinski definition) is 2. The number of aromatic nitrogens is 2. The van der Waals surface area contributed by atoms with Crippen LogP contribution in [0.4, 0.5) is 24.8 Å². The van der Waals surface area contributed by atoms with Gasteiger partial charge in [0.15, 0.2) is 0 Å². The Labute approximate surface area is 126 Å². The van der Waals surface area contributed by atoms with E-state index >= 15 is 0 Å². The second-order valence-electron chi connectivity index (χ2n) is 4.53. The molecule has 0 amide bonds. The minimum absolute atomic E-state index is 0.0360. The van der Waals surface area contributed by atoms with Gasteiger partial charge in [-0.1, -0.05) is 11.6 Å². The van der Waals surface area contributed by atoms with Crippen molar-refractivity contribution in [2.24, 2.45) is 0 Å². The molecule has 0 saturated carbocycles. The van der Waals surface area contributed by atoms with Gasteiger partial charge in [-0.25, -0.2) is 4.98 Å². The lowest BCUT2D eigenvalue weighted by Gasteiger charge is -2.06. The van der Waals surface area contributed by atoms with Gasteiger partial charge in [-0.3, -0.25) is 0 Å². The quantitative estimate of drug-likeness (QED) is 0.664. The van der Waals surface area contributed by atoms with Gasteiger partial charge in [-0.05, 0) is 30.0 Å². The highest BCUT2D eigenvalue weighted by atomic mass is 35.5. The van der Waals surface area contributed by atoms with Crippen LogP contribution in [0.3, 0.4) is 0 Å². The molecule has 21 heavy (non-hydrogen) atoms. The molecule has 0 atom stereocenters. The van der Waals surface area contributed by atoms with Crippen molar-refractivity contribution < 1.29 is 13.2 Å². The van der Waals surface area contributed by atoms with E-state index in [-0.39, 0.29) is 10.5 Å². The Hall–Kier alpha value is -1.73. The molecule has 3 rings (SSSR count). The molecule has 0 aliphatic heterocycles. The van der Waals surface area contributed by atoms with E-state index in [2.05, 4.69) is 15.3 Å². The van der Waals surface area contributed by atoms with Gasteiger partial charge < -0.3 is 10.3 Å². The number of halogens is 4. The van der Waals surface area contributed by atoms with Gasteiger partial charge in [0.2, 0.25) is 5.95 Å². The van der Waals surface area contributed by atoms with Gasteiger partial charge in [0.05, 0.1) is 21.8 Å². The topological polar surface area (TPSA) is 40.7 Å². The molecule has 0 aliphatic carbocycles. The molecule has 2 heterocycles. The second-order valence-corrected chi connectivity index (χ2v) is 5.68. The van der Waals surface area contributed by atoms with Crippen molar-refractivity contribution in [2.75, 3.05) is 5.32 Å². The first-order valence-electron chi connectivity index (χ1n) is 5.91. The summed E-state index contributed by atoms with van der Waals surface area (Å²) in [5, 5.41) is 6.85. The number of aromatic amines is 1. The maximum atomic E-state index is 12.8. The summed E-state index contributed by atoms with van der Waals surface area (Å²) < 4.78 is 38.3. The Morgan fingerprint density at radius 3 is 2.67 bits per heavy atom. The first-order chi connectivity index (χ1) is 9.84. The molecule has 0 fully saturated rings. The van der Waals surface area contributed by atoms with Crippen molar-refractivity contribution in [2.45, 2.75) is 13.1 Å². The van der Waals surface area contributed by atoms with Gasteiger partial charge in [0.1, 0.15) is 5.52 Å².